The zero-order valence-electron chi connectivity index (χ0n) is 17.5. The second-order valence-electron chi connectivity index (χ2n) is 7.87. The fourth-order valence-corrected chi connectivity index (χ4v) is 3.33. The van der Waals surface area contributed by atoms with Crippen LogP contribution in [-0.2, 0) is 0 Å². The molecule has 0 spiro atoms. The molecule has 0 aromatic rings. The lowest BCUT2D eigenvalue weighted by molar-refractivity contribution is 0.526. The van der Waals surface area contributed by atoms with Gasteiger partial charge in [-0.1, -0.05) is 108 Å². The monoisotopic (exact) mass is 373 g/mol. The summed E-state index contributed by atoms with van der Waals surface area (Å²) in [5.74, 6) is 0. The fourth-order valence-electron chi connectivity index (χ4n) is 3.33. The Bertz CT molecular complexity index is 259. The van der Waals surface area contributed by atoms with Gasteiger partial charge in [0.05, 0.1) is 0 Å². The molecule has 0 rings (SSSR count). The van der Waals surface area contributed by atoms with E-state index in [1.54, 1.807) is 0 Å². The Kier molecular flexibility index (Phi) is 26.1. The number of rotatable bonds is 19. The van der Waals surface area contributed by atoms with Crippen molar-refractivity contribution >= 4 is 12.4 Å². The molecule has 0 heterocycles. The van der Waals surface area contributed by atoms with Gasteiger partial charge in [0.15, 0.2) is 0 Å². The summed E-state index contributed by atoms with van der Waals surface area (Å²) in [6, 6.07) is 0. The van der Waals surface area contributed by atoms with Gasteiger partial charge >= 0.3 is 0 Å². The van der Waals surface area contributed by atoms with E-state index in [1.807, 2.05) is 0 Å². The molecule has 0 aromatic heterocycles. The van der Waals surface area contributed by atoms with E-state index in [0.29, 0.717) is 0 Å². The second kappa shape index (κ2) is 24.0. The summed E-state index contributed by atoms with van der Waals surface area (Å²) in [6.07, 6.45) is 27.9. The SMILES string of the molecule is CC(C)=CCCCCCCCCCCCCCCCCCCCN.Cl. The highest BCUT2D eigenvalue weighted by atomic mass is 35.5. The van der Waals surface area contributed by atoms with Crippen LogP contribution in [0.15, 0.2) is 11.6 Å². The van der Waals surface area contributed by atoms with E-state index >= 15 is 0 Å². The average molecular weight is 374 g/mol. The summed E-state index contributed by atoms with van der Waals surface area (Å²) in [7, 11) is 0. The van der Waals surface area contributed by atoms with E-state index in [2.05, 4.69) is 19.9 Å². The number of hydrogen-bond acceptors (Lipinski definition) is 1. The molecular formula is C23H48ClN. The molecular weight excluding hydrogens is 326 g/mol. The smallest absolute Gasteiger partial charge is 0.00773 e. The van der Waals surface area contributed by atoms with Crippen molar-refractivity contribution in [2.45, 2.75) is 129 Å². The number of nitrogens with two attached hydrogens (primary N) is 1. The Balaban J connectivity index is 0. The van der Waals surface area contributed by atoms with Crippen LogP contribution in [-0.4, -0.2) is 6.54 Å². The standard InChI is InChI=1S/C23H47N.ClH/c1-23(2)21-19-17-15-13-11-9-7-5-3-4-6-8-10-12-14-16-18-20-22-24;/h21H,3-20,22,24H2,1-2H3;1H. The van der Waals surface area contributed by atoms with Crippen LogP contribution in [0.5, 0.6) is 0 Å². The fraction of sp³-hybridized carbons (Fsp3) is 0.913. The summed E-state index contributed by atoms with van der Waals surface area (Å²) in [5.41, 5.74) is 6.98. The summed E-state index contributed by atoms with van der Waals surface area (Å²) in [5, 5.41) is 0. The highest BCUT2D eigenvalue weighted by molar-refractivity contribution is 5.85. The molecule has 152 valence electrons. The van der Waals surface area contributed by atoms with E-state index in [1.165, 1.54) is 121 Å². The molecule has 0 unspecified atom stereocenters. The minimum Gasteiger partial charge on any atom is -0.330 e. The number of allylic oxidation sites excluding steroid dienone is 2. The molecule has 0 aromatic carbocycles. The Morgan fingerprint density at radius 2 is 0.800 bits per heavy atom. The zero-order chi connectivity index (χ0) is 17.7. The van der Waals surface area contributed by atoms with Crippen LogP contribution in [0.2, 0.25) is 0 Å². The van der Waals surface area contributed by atoms with Crippen molar-refractivity contribution in [3.63, 3.8) is 0 Å². The quantitative estimate of drug-likeness (QED) is 0.178. The third kappa shape index (κ3) is 26.3. The first-order valence-electron chi connectivity index (χ1n) is 11.1. The molecule has 1 nitrogen and oxygen atoms in total. The van der Waals surface area contributed by atoms with Crippen LogP contribution in [0.1, 0.15) is 129 Å². The minimum absolute atomic E-state index is 0. The maximum atomic E-state index is 5.51. The maximum absolute atomic E-state index is 5.51. The lowest BCUT2D eigenvalue weighted by Crippen LogP contribution is -1.97. The zero-order valence-corrected chi connectivity index (χ0v) is 18.3. The maximum Gasteiger partial charge on any atom is -0.00773 e. The lowest BCUT2D eigenvalue weighted by atomic mass is 10.0. The third-order valence-electron chi connectivity index (χ3n) is 4.96. The van der Waals surface area contributed by atoms with E-state index in [4.69, 9.17) is 5.73 Å². The minimum atomic E-state index is 0. The van der Waals surface area contributed by atoms with E-state index in [0.717, 1.165) is 6.54 Å². The first kappa shape index (κ1) is 27.2. The van der Waals surface area contributed by atoms with Crippen LogP contribution in [0.4, 0.5) is 0 Å². The van der Waals surface area contributed by atoms with Crippen molar-refractivity contribution in [1.82, 2.24) is 0 Å². The third-order valence-corrected chi connectivity index (χ3v) is 4.96. The van der Waals surface area contributed by atoms with Crippen molar-refractivity contribution in [3.05, 3.63) is 11.6 Å². The second-order valence-corrected chi connectivity index (χ2v) is 7.87. The van der Waals surface area contributed by atoms with Crippen molar-refractivity contribution in [2.75, 3.05) is 6.54 Å². The van der Waals surface area contributed by atoms with Gasteiger partial charge in [0.25, 0.3) is 0 Å². The van der Waals surface area contributed by atoms with Crippen molar-refractivity contribution < 1.29 is 0 Å². The molecule has 2 N–H and O–H groups in total. The first-order valence-corrected chi connectivity index (χ1v) is 11.1. The van der Waals surface area contributed by atoms with Crippen molar-refractivity contribution in [1.29, 1.82) is 0 Å². The number of hydrogen-bond donors (Lipinski definition) is 1. The molecule has 0 atom stereocenters. The summed E-state index contributed by atoms with van der Waals surface area (Å²) in [4.78, 5) is 0. The van der Waals surface area contributed by atoms with Crippen LogP contribution in [0.3, 0.4) is 0 Å². The van der Waals surface area contributed by atoms with Gasteiger partial charge in [-0.25, -0.2) is 0 Å². The molecule has 0 aliphatic carbocycles. The van der Waals surface area contributed by atoms with E-state index < -0.39 is 0 Å². The predicted octanol–water partition coefficient (Wildman–Crippen LogP) is 8.35. The Labute approximate surface area is 166 Å². The van der Waals surface area contributed by atoms with Gasteiger partial charge in [-0.2, -0.15) is 0 Å². The molecule has 0 bridgehead atoms. The van der Waals surface area contributed by atoms with Crippen LogP contribution in [0, 0.1) is 0 Å². The van der Waals surface area contributed by atoms with Crippen molar-refractivity contribution in [3.8, 4) is 0 Å². The summed E-state index contributed by atoms with van der Waals surface area (Å²) >= 11 is 0. The molecule has 0 saturated heterocycles. The largest absolute Gasteiger partial charge is 0.330 e. The highest BCUT2D eigenvalue weighted by Crippen LogP contribution is 2.14. The normalized spacial score (nSPS) is 10.5. The van der Waals surface area contributed by atoms with Gasteiger partial charge in [-0.15, -0.1) is 12.4 Å². The molecule has 25 heavy (non-hydrogen) atoms. The van der Waals surface area contributed by atoms with Crippen molar-refractivity contribution in [2.24, 2.45) is 5.73 Å². The van der Waals surface area contributed by atoms with Gasteiger partial charge in [-0.05, 0) is 39.7 Å². The van der Waals surface area contributed by atoms with E-state index in [-0.39, 0.29) is 12.4 Å². The van der Waals surface area contributed by atoms with Gasteiger partial charge < -0.3 is 5.73 Å². The van der Waals surface area contributed by atoms with Crippen LogP contribution < -0.4 is 5.73 Å². The molecule has 2 heteroatoms. The molecule has 0 radical (unpaired) electrons. The summed E-state index contributed by atoms with van der Waals surface area (Å²) in [6.45, 7) is 5.27. The van der Waals surface area contributed by atoms with Gasteiger partial charge in [0.2, 0.25) is 0 Å². The van der Waals surface area contributed by atoms with Gasteiger partial charge in [0.1, 0.15) is 0 Å². The number of halogens is 1. The topological polar surface area (TPSA) is 26.0 Å². The number of unbranched alkanes of at least 4 members (excludes halogenated alkanes) is 17. The average Bonchev–Trinajstić information content (AvgIpc) is 2.56. The summed E-state index contributed by atoms with van der Waals surface area (Å²) < 4.78 is 0. The lowest BCUT2D eigenvalue weighted by Gasteiger charge is -2.03. The highest BCUT2D eigenvalue weighted by Gasteiger charge is 1.94. The van der Waals surface area contributed by atoms with E-state index in [9.17, 15) is 0 Å². The van der Waals surface area contributed by atoms with Crippen LogP contribution in [0.25, 0.3) is 0 Å². The molecule has 0 aliphatic rings. The van der Waals surface area contributed by atoms with Crippen LogP contribution >= 0.6 is 12.4 Å². The molecule has 0 aliphatic heterocycles. The van der Waals surface area contributed by atoms with Gasteiger partial charge in [-0.3, -0.25) is 0 Å². The molecule has 0 saturated carbocycles. The van der Waals surface area contributed by atoms with Gasteiger partial charge in [0, 0.05) is 0 Å². The predicted molar refractivity (Wildman–Crippen MR) is 119 cm³/mol. The molecule has 0 fully saturated rings. The first-order chi connectivity index (χ1) is 11.8. The Morgan fingerprint density at radius 1 is 0.520 bits per heavy atom. The molecule has 0 amide bonds. The Hall–Kier alpha value is -0.0100. The Morgan fingerprint density at radius 3 is 1.08 bits per heavy atom.